The second-order valence-electron chi connectivity index (χ2n) is 3.94. The van der Waals surface area contributed by atoms with E-state index >= 15 is 0 Å². The van der Waals surface area contributed by atoms with Crippen LogP contribution in [0.25, 0.3) is 22.2 Å². The van der Waals surface area contributed by atoms with E-state index in [2.05, 4.69) is 17.1 Å². The molecular weight excluding hydrogens is 208 g/mol. The Morgan fingerprint density at radius 2 is 1.76 bits per heavy atom. The monoisotopic (exact) mass is 219 g/mol. The lowest BCUT2D eigenvalue weighted by Gasteiger charge is -2.03. The van der Waals surface area contributed by atoms with E-state index in [0.29, 0.717) is 0 Å². The fourth-order valence-corrected chi connectivity index (χ4v) is 1.82. The number of benzene rings is 2. The van der Waals surface area contributed by atoms with Crippen molar-refractivity contribution in [3.05, 3.63) is 60.7 Å². The Morgan fingerprint density at radius 3 is 2.59 bits per heavy atom. The fraction of sp³-hybridized carbons (Fsp3) is 0. The van der Waals surface area contributed by atoms with E-state index in [-0.39, 0.29) is 0 Å². The van der Waals surface area contributed by atoms with Crippen LogP contribution < -0.4 is 5.73 Å². The molecule has 0 atom stereocenters. The van der Waals surface area contributed by atoms with E-state index in [0.717, 1.165) is 27.8 Å². The Kier molecular flexibility index (Phi) is 2.26. The summed E-state index contributed by atoms with van der Waals surface area (Å²) in [7, 11) is 0. The molecule has 1 radical (unpaired) electrons. The van der Waals surface area contributed by atoms with E-state index in [1.54, 1.807) is 0 Å². The van der Waals surface area contributed by atoms with Crippen molar-refractivity contribution >= 4 is 16.6 Å². The number of rotatable bonds is 1. The van der Waals surface area contributed by atoms with Crippen LogP contribution in [0.3, 0.4) is 0 Å². The highest BCUT2D eigenvalue weighted by Crippen LogP contribution is 2.21. The zero-order valence-electron chi connectivity index (χ0n) is 9.22. The largest absolute Gasteiger partial charge is 0.399 e. The molecule has 0 bridgehead atoms. The summed E-state index contributed by atoms with van der Waals surface area (Å²) in [5.74, 6) is 0. The van der Waals surface area contributed by atoms with Crippen molar-refractivity contribution in [3.8, 4) is 11.3 Å². The number of hydrogen-bond donors (Lipinski definition) is 1. The van der Waals surface area contributed by atoms with Crippen LogP contribution in [0.4, 0.5) is 5.69 Å². The van der Waals surface area contributed by atoms with E-state index in [9.17, 15) is 0 Å². The molecule has 17 heavy (non-hydrogen) atoms. The molecule has 1 heterocycles. The van der Waals surface area contributed by atoms with E-state index in [1.165, 1.54) is 0 Å². The molecule has 0 aliphatic carbocycles. The molecule has 3 rings (SSSR count). The molecule has 0 aliphatic rings. The molecule has 0 saturated carbocycles. The number of nitrogen functional groups attached to an aromatic ring is 1. The summed E-state index contributed by atoms with van der Waals surface area (Å²) in [6.07, 6.45) is 0. The van der Waals surface area contributed by atoms with Crippen LogP contribution in [-0.2, 0) is 0 Å². The van der Waals surface area contributed by atoms with E-state index in [1.807, 2.05) is 48.5 Å². The Hall–Kier alpha value is -2.35. The van der Waals surface area contributed by atoms with Gasteiger partial charge in [0.1, 0.15) is 0 Å². The van der Waals surface area contributed by atoms with Gasteiger partial charge in [-0.05, 0) is 36.4 Å². The van der Waals surface area contributed by atoms with Crippen molar-refractivity contribution < 1.29 is 0 Å². The van der Waals surface area contributed by atoms with Gasteiger partial charge in [0.05, 0.1) is 11.2 Å². The van der Waals surface area contributed by atoms with E-state index in [4.69, 9.17) is 5.73 Å². The van der Waals surface area contributed by atoms with Crippen LogP contribution in [0.5, 0.6) is 0 Å². The molecule has 81 valence electrons. The maximum absolute atomic E-state index is 5.67. The van der Waals surface area contributed by atoms with Crippen molar-refractivity contribution in [2.75, 3.05) is 5.73 Å². The molecule has 1 aromatic heterocycles. The number of anilines is 1. The number of fused-ring (bicyclic) bond motifs is 1. The Balaban J connectivity index is 2.14. The second kappa shape index (κ2) is 3.91. The predicted octanol–water partition coefficient (Wildman–Crippen LogP) is 3.28. The fourth-order valence-electron chi connectivity index (χ4n) is 1.82. The number of nitrogens with two attached hydrogens (primary N) is 1. The Labute approximate surface area is 99.7 Å². The van der Waals surface area contributed by atoms with Gasteiger partial charge >= 0.3 is 0 Å². The van der Waals surface area contributed by atoms with Gasteiger partial charge in [0.25, 0.3) is 0 Å². The first-order chi connectivity index (χ1) is 8.33. The molecule has 2 heteroatoms. The summed E-state index contributed by atoms with van der Waals surface area (Å²) in [5.41, 5.74) is 9.46. The number of pyridine rings is 1. The van der Waals surface area contributed by atoms with Crippen molar-refractivity contribution in [2.45, 2.75) is 0 Å². The third kappa shape index (κ3) is 1.85. The van der Waals surface area contributed by atoms with Crippen LogP contribution in [-0.4, -0.2) is 4.98 Å². The van der Waals surface area contributed by atoms with E-state index < -0.39 is 0 Å². The quantitative estimate of drug-likeness (QED) is 0.638. The summed E-state index contributed by atoms with van der Waals surface area (Å²) in [6.45, 7) is 0. The zero-order valence-corrected chi connectivity index (χ0v) is 9.22. The van der Waals surface area contributed by atoms with Crippen LogP contribution in [0.2, 0.25) is 0 Å². The second-order valence-corrected chi connectivity index (χ2v) is 3.94. The first-order valence-corrected chi connectivity index (χ1v) is 5.46. The predicted molar refractivity (Wildman–Crippen MR) is 70.4 cm³/mol. The van der Waals surface area contributed by atoms with Crippen LogP contribution in [0, 0.1) is 6.07 Å². The summed E-state index contributed by atoms with van der Waals surface area (Å²) < 4.78 is 0. The summed E-state index contributed by atoms with van der Waals surface area (Å²) in [5, 5.41) is 1.10. The highest BCUT2D eigenvalue weighted by Gasteiger charge is 2.00. The first-order valence-electron chi connectivity index (χ1n) is 5.46. The lowest BCUT2D eigenvalue weighted by molar-refractivity contribution is 1.40. The van der Waals surface area contributed by atoms with Gasteiger partial charge in [0, 0.05) is 16.6 Å². The van der Waals surface area contributed by atoms with Gasteiger partial charge in [0.15, 0.2) is 0 Å². The molecule has 0 saturated heterocycles. The third-order valence-electron chi connectivity index (χ3n) is 2.74. The highest BCUT2D eigenvalue weighted by atomic mass is 14.7. The van der Waals surface area contributed by atoms with Crippen molar-refractivity contribution in [1.29, 1.82) is 0 Å². The molecule has 2 aromatic carbocycles. The standard InChI is InChI=1S/C15H11N2/c16-13-8-5-12(6-9-13)15-10-7-11-3-1-2-4-14(11)17-15/h2-10H,16H2. The van der Waals surface area contributed by atoms with Gasteiger partial charge < -0.3 is 5.73 Å². The minimum Gasteiger partial charge on any atom is -0.399 e. The maximum atomic E-state index is 5.67. The normalized spacial score (nSPS) is 10.6. The highest BCUT2D eigenvalue weighted by molar-refractivity contribution is 5.81. The average molecular weight is 219 g/mol. The van der Waals surface area contributed by atoms with Gasteiger partial charge in [-0.25, -0.2) is 4.98 Å². The number of nitrogens with zero attached hydrogens (tertiary/aromatic N) is 1. The average Bonchev–Trinajstić information content (AvgIpc) is 2.39. The number of hydrogen-bond acceptors (Lipinski definition) is 2. The summed E-state index contributed by atoms with van der Waals surface area (Å²) >= 11 is 0. The van der Waals surface area contributed by atoms with Gasteiger partial charge in [-0.1, -0.05) is 24.3 Å². The van der Waals surface area contributed by atoms with Crippen molar-refractivity contribution in [2.24, 2.45) is 0 Å². The lowest BCUT2D eigenvalue weighted by atomic mass is 10.1. The maximum Gasteiger partial charge on any atom is 0.0709 e. The molecule has 0 aliphatic heterocycles. The molecule has 0 amide bonds. The zero-order chi connectivity index (χ0) is 11.7. The Morgan fingerprint density at radius 1 is 0.941 bits per heavy atom. The molecule has 0 spiro atoms. The molecule has 3 aromatic rings. The van der Waals surface area contributed by atoms with Crippen LogP contribution in [0.1, 0.15) is 0 Å². The van der Waals surface area contributed by atoms with Gasteiger partial charge in [-0.2, -0.15) is 0 Å². The van der Waals surface area contributed by atoms with Crippen LogP contribution >= 0.6 is 0 Å². The molecular formula is C15H11N2. The number of aromatic nitrogens is 1. The summed E-state index contributed by atoms with van der Waals surface area (Å²) in [4.78, 5) is 4.61. The summed E-state index contributed by atoms with van der Waals surface area (Å²) in [6, 6.07) is 20.7. The Bertz CT molecular complexity index is 657. The molecule has 2 N–H and O–H groups in total. The van der Waals surface area contributed by atoms with Gasteiger partial charge in [-0.15, -0.1) is 0 Å². The molecule has 2 nitrogen and oxygen atoms in total. The minimum atomic E-state index is 0.768. The van der Waals surface area contributed by atoms with Crippen LogP contribution in [0.15, 0.2) is 54.6 Å². The van der Waals surface area contributed by atoms with Gasteiger partial charge in [-0.3, -0.25) is 0 Å². The topological polar surface area (TPSA) is 38.9 Å². The van der Waals surface area contributed by atoms with Crippen molar-refractivity contribution in [3.63, 3.8) is 0 Å². The van der Waals surface area contributed by atoms with Gasteiger partial charge in [0.2, 0.25) is 0 Å². The smallest absolute Gasteiger partial charge is 0.0709 e. The minimum absolute atomic E-state index is 0.768. The SMILES string of the molecule is Nc1ccc(-c2ccc3c[c]ccc3n2)cc1. The molecule has 0 unspecified atom stereocenters. The van der Waals surface area contributed by atoms with Crippen molar-refractivity contribution in [1.82, 2.24) is 4.98 Å². The lowest BCUT2D eigenvalue weighted by Crippen LogP contribution is -1.87. The first kappa shape index (κ1) is 9.85. The third-order valence-corrected chi connectivity index (χ3v) is 2.74. The molecule has 0 fully saturated rings.